The summed E-state index contributed by atoms with van der Waals surface area (Å²) in [6.07, 6.45) is 2.48. The molecule has 21 heavy (non-hydrogen) atoms. The first-order valence-electron chi connectivity index (χ1n) is 7.42. The fraction of sp³-hybridized carbons (Fsp3) is 0.471. The normalized spacial score (nSPS) is 15.2. The molecule has 2 aromatic rings. The Morgan fingerprint density at radius 2 is 2.05 bits per heavy atom. The molecule has 0 aliphatic heterocycles. The minimum Gasteiger partial charge on any atom is -0.486 e. The van der Waals surface area contributed by atoms with Gasteiger partial charge in [0, 0.05) is 16.3 Å². The summed E-state index contributed by atoms with van der Waals surface area (Å²) in [7, 11) is 0. The maximum atomic E-state index is 6.30. The molecule has 3 nitrogen and oxygen atoms in total. The number of rotatable bonds is 5. The van der Waals surface area contributed by atoms with Crippen LogP contribution in [0.1, 0.15) is 53.7 Å². The molecule has 1 aliphatic rings. The van der Waals surface area contributed by atoms with Gasteiger partial charge in [0.2, 0.25) is 0 Å². The molecule has 0 saturated heterocycles. The number of para-hydroxylation sites is 1. The van der Waals surface area contributed by atoms with Crippen LogP contribution in [0, 0.1) is 6.92 Å². The van der Waals surface area contributed by atoms with Crippen LogP contribution in [0.3, 0.4) is 0 Å². The molecule has 4 heteroatoms. The summed E-state index contributed by atoms with van der Waals surface area (Å²) in [6.45, 7) is 6.68. The largest absolute Gasteiger partial charge is 0.486 e. The van der Waals surface area contributed by atoms with Gasteiger partial charge in [0.25, 0.3) is 0 Å². The Morgan fingerprint density at radius 1 is 1.33 bits per heavy atom. The molecule has 0 spiro atoms. The van der Waals surface area contributed by atoms with E-state index in [2.05, 4.69) is 26.8 Å². The number of thiazole rings is 1. The van der Waals surface area contributed by atoms with Gasteiger partial charge in [-0.05, 0) is 45.2 Å². The third-order valence-corrected chi connectivity index (χ3v) is 5.08. The van der Waals surface area contributed by atoms with E-state index in [-0.39, 0.29) is 5.54 Å². The Labute approximate surface area is 130 Å². The van der Waals surface area contributed by atoms with Gasteiger partial charge >= 0.3 is 0 Å². The third kappa shape index (κ3) is 3.27. The van der Waals surface area contributed by atoms with Crippen LogP contribution in [0.15, 0.2) is 24.3 Å². The zero-order valence-electron chi connectivity index (χ0n) is 12.8. The van der Waals surface area contributed by atoms with Gasteiger partial charge in [0.15, 0.2) is 0 Å². The Hall–Kier alpha value is -1.39. The first-order chi connectivity index (χ1) is 9.95. The fourth-order valence-electron chi connectivity index (χ4n) is 2.39. The molecule has 2 N–H and O–H groups in total. The molecule has 1 aromatic carbocycles. The van der Waals surface area contributed by atoms with E-state index in [9.17, 15) is 0 Å². The molecular weight excluding hydrogens is 280 g/mol. The van der Waals surface area contributed by atoms with E-state index >= 15 is 0 Å². The van der Waals surface area contributed by atoms with Crippen molar-refractivity contribution in [1.82, 2.24) is 4.98 Å². The molecule has 0 radical (unpaired) electrons. The average Bonchev–Trinajstić information content (AvgIpc) is 3.17. The molecule has 3 rings (SSSR count). The minimum absolute atomic E-state index is 0.323. The first-order valence-corrected chi connectivity index (χ1v) is 8.24. The van der Waals surface area contributed by atoms with Gasteiger partial charge in [-0.25, -0.2) is 4.98 Å². The molecule has 1 heterocycles. The second kappa shape index (κ2) is 5.43. The van der Waals surface area contributed by atoms with Crippen molar-refractivity contribution in [2.45, 2.75) is 51.7 Å². The maximum Gasteiger partial charge on any atom is 0.140 e. The summed E-state index contributed by atoms with van der Waals surface area (Å²) in [5.41, 5.74) is 8.33. The summed E-state index contributed by atoms with van der Waals surface area (Å²) in [5.74, 6) is 1.54. The summed E-state index contributed by atoms with van der Waals surface area (Å²) >= 11 is 1.70. The van der Waals surface area contributed by atoms with Crippen molar-refractivity contribution in [1.29, 1.82) is 0 Å². The molecule has 112 valence electrons. The van der Waals surface area contributed by atoms with Crippen LogP contribution in [0.25, 0.3) is 0 Å². The highest BCUT2D eigenvalue weighted by Crippen LogP contribution is 2.45. The summed E-state index contributed by atoms with van der Waals surface area (Å²) < 4.78 is 5.91. The summed E-state index contributed by atoms with van der Waals surface area (Å²) in [5, 5.41) is 1.02. The van der Waals surface area contributed by atoms with E-state index in [1.165, 1.54) is 23.4 Å². The Kier molecular flexibility index (Phi) is 3.76. The maximum absolute atomic E-state index is 6.30. The Morgan fingerprint density at radius 3 is 2.67 bits per heavy atom. The number of nitrogens with zero attached hydrogens (tertiary/aromatic N) is 1. The molecule has 0 unspecified atom stereocenters. The minimum atomic E-state index is -0.323. The molecule has 1 fully saturated rings. The highest BCUT2D eigenvalue weighted by Gasteiger charge is 2.33. The van der Waals surface area contributed by atoms with Gasteiger partial charge in [-0.1, -0.05) is 18.2 Å². The smallest absolute Gasteiger partial charge is 0.140 e. The lowest BCUT2D eigenvalue weighted by atomic mass is 10.0. The van der Waals surface area contributed by atoms with Gasteiger partial charge in [0.1, 0.15) is 17.4 Å². The number of hydrogen-bond acceptors (Lipinski definition) is 4. The van der Waals surface area contributed by atoms with Crippen molar-refractivity contribution in [2.75, 3.05) is 0 Å². The molecule has 0 amide bonds. The van der Waals surface area contributed by atoms with Gasteiger partial charge < -0.3 is 10.5 Å². The lowest BCUT2D eigenvalue weighted by Crippen LogP contribution is -2.28. The standard InChI is InChI=1S/C17H22N2OS/c1-11-6-4-5-7-13(11)20-10-14-19-15(12-8-9-12)16(21-14)17(2,3)18/h4-7,12H,8-10,18H2,1-3H3. The number of benzene rings is 1. The number of ether oxygens (including phenoxy) is 1. The third-order valence-electron chi connectivity index (χ3n) is 3.69. The van der Waals surface area contributed by atoms with E-state index in [4.69, 9.17) is 15.5 Å². The van der Waals surface area contributed by atoms with Crippen molar-refractivity contribution < 1.29 is 4.74 Å². The van der Waals surface area contributed by atoms with Crippen LogP contribution in [0.2, 0.25) is 0 Å². The second-order valence-corrected chi connectivity index (χ2v) is 7.46. The van der Waals surface area contributed by atoms with Crippen LogP contribution in [0.5, 0.6) is 5.75 Å². The molecule has 1 aromatic heterocycles. The average molecular weight is 302 g/mol. The SMILES string of the molecule is Cc1ccccc1OCc1nc(C2CC2)c(C(C)(C)N)s1. The van der Waals surface area contributed by atoms with Crippen LogP contribution >= 0.6 is 11.3 Å². The quantitative estimate of drug-likeness (QED) is 0.904. The topological polar surface area (TPSA) is 48.1 Å². The highest BCUT2D eigenvalue weighted by atomic mass is 32.1. The molecule has 1 saturated carbocycles. The van der Waals surface area contributed by atoms with Crippen molar-refractivity contribution in [3.05, 3.63) is 45.4 Å². The van der Waals surface area contributed by atoms with Crippen molar-refractivity contribution in [3.8, 4) is 5.75 Å². The highest BCUT2D eigenvalue weighted by molar-refractivity contribution is 7.11. The predicted octanol–water partition coefficient (Wildman–Crippen LogP) is 4.10. The monoisotopic (exact) mass is 302 g/mol. The number of hydrogen-bond donors (Lipinski definition) is 1. The summed E-state index contributed by atoms with van der Waals surface area (Å²) in [4.78, 5) is 6.01. The second-order valence-electron chi connectivity index (χ2n) is 6.37. The number of nitrogens with two attached hydrogens (primary N) is 1. The van der Waals surface area contributed by atoms with Crippen molar-refractivity contribution in [3.63, 3.8) is 0 Å². The summed E-state index contributed by atoms with van der Waals surface area (Å²) in [6, 6.07) is 8.07. The van der Waals surface area contributed by atoms with E-state index in [1.54, 1.807) is 11.3 Å². The van der Waals surface area contributed by atoms with E-state index in [1.807, 2.05) is 18.2 Å². The Bertz CT molecular complexity index is 638. The van der Waals surface area contributed by atoms with E-state index in [0.717, 1.165) is 16.3 Å². The van der Waals surface area contributed by atoms with Crippen LogP contribution in [-0.2, 0) is 12.1 Å². The molecule has 0 atom stereocenters. The molecule has 1 aliphatic carbocycles. The Balaban J connectivity index is 1.79. The lowest BCUT2D eigenvalue weighted by Gasteiger charge is -2.17. The van der Waals surface area contributed by atoms with Gasteiger partial charge in [-0.15, -0.1) is 11.3 Å². The zero-order chi connectivity index (χ0) is 15.0. The van der Waals surface area contributed by atoms with E-state index in [0.29, 0.717) is 12.5 Å². The zero-order valence-corrected chi connectivity index (χ0v) is 13.7. The first kappa shape index (κ1) is 14.5. The molecule has 0 bridgehead atoms. The van der Waals surface area contributed by atoms with Crippen LogP contribution in [-0.4, -0.2) is 4.98 Å². The van der Waals surface area contributed by atoms with E-state index < -0.39 is 0 Å². The van der Waals surface area contributed by atoms with Gasteiger partial charge in [-0.3, -0.25) is 0 Å². The van der Waals surface area contributed by atoms with Gasteiger partial charge in [0.05, 0.1) is 5.69 Å². The molecular formula is C17H22N2OS. The predicted molar refractivity (Wildman–Crippen MR) is 86.8 cm³/mol. The van der Waals surface area contributed by atoms with Crippen LogP contribution < -0.4 is 10.5 Å². The van der Waals surface area contributed by atoms with Crippen molar-refractivity contribution in [2.24, 2.45) is 5.73 Å². The van der Waals surface area contributed by atoms with Crippen molar-refractivity contribution >= 4 is 11.3 Å². The van der Waals surface area contributed by atoms with Crippen LogP contribution in [0.4, 0.5) is 0 Å². The fourth-order valence-corrected chi connectivity index (χ4v) is 3.47. The van der Waals surface area contributed by atoms with Gasteiger partial charge in [-0.2, -0.15) is 0 Å². The number of aromatic nitrogens is 1. The lowest BCUT2D eigenvalue weighted by molar-refractivity contribution is 0.303. The number of aryl methyl sites for hydroxylation is 1.